The molecule has 0 bridgehead atoms. The molecule has 2 amide bonds. The Labute approximate surface area is 138 Å². The summed E-state index contributed by atoms with van der Waals surface area (Å²) in [7, 11) is 1.60. The smallest absolute Gasteiger partial charge is 0.249 e. The van der Waals surface area contributed by atoms with Gasteiger partial charge >= 0.3 is 0 Å². The molecule has 5 nitrogen and oxygen atoms in total. The number of nitrogens with zero attached hydrogens (tertiary/aromatic N) is 2. The van der Waals surface area contributed by atoms with Crippen molar-refractivity contribution in [2.75, 3.05) is 25.1 Å². The normalized spacial score (nSPS) is 19.0. The summed E-state index contributed by atoms with van der Waals surface area (Å²) in [6.07, 6.45) is 0.448. The maximum Gasteiger partial charge on any atom is 0.249 e. The van der Waals surface area contributed by atoms with E-state index >= 15 is 0 Å². The van der Waals surface area contributed by atoms with Gasteiger partial charge in [0.15, 0.2) is 0 Å². The Balaban J connectivity index is 2.13. The first kappa shape index (κ1) is 17.3. The maximum absolute atomic E-state index is 12.7. The predicted octanol–water partition coefficient (Wildman–Crippen LogP) is 2.70. The molecule has 0 spiro atoms. The van der Waals surface area contributed by atoms with Crippen molar-refractivity contribution < 1.29 is 14.3 Å². The van der Waals surface area contributed by atoms with Crippen molar-refractivity contribution in [1.29, 1.82) is 0 Å². The Morgan fingerprint density at radius 1 is 1.30 bits per heavy atom. The molecule has 1 aromatic rings. The van der Waals surface area contributed by atoms with Crippen LogP contribution in [0.5, 0.6) is 5.75 Å². The fourth-order valence-electron chi connectivity index (χ4n) is 2.80. The Morgan fingerprint density at radius 3 is 2.61 bits per heavy atom. The van der Waals surface area contributed by atoms with E-state index in [1.165, 1.54) is 0 Å². The van der Waals surface area contributed by atoms with Gasteiger partial charge in [-0.05, 0) is 24.5 Å². The number of methoxy groups -OCH3 is 1. The molecule has 0 saturated carbocycles. The van der Waals surface area contributed by atoms with Crippen LogP contribution in [-0.4, -0.2) is 43.0 Å². The van der Waals surface area contributed by atoms with Crippen molar-refractivity contribution in [3.8, 4) is 5.75 Å². The third-order valence-corrected chi connectivity index (χ3v) is 4.02. The van der Waals surface area contributed by atoms with Crippen molar-refractivity contribution in [1.82, 2.24) is 4.90 Å². The Kier molecular flexibility index (Phi) is 4.97. The van der Waals surface area contributed by atoms with Gasteiger partial charge < -0.3 is 14.5 Å². The number of benzene rings is 1. The second kappa shape index (κ2) is 6.60. The Morgan fingerprint density at radius 2 is 2.00 bits per heavy atom. The van der Waals surface area contributed by atoms with Crippen molar-refractivity contribution >= 4 is 17.5 Å². The molecule has 126 valence electrons. The predicted molar refractivity (Wildman–Crippen MR) is 90.6 cm³/mol. The summed E-state index contributed by atoms with van der Waals surface area (Å²) in [5.41, 5.74) is 0.730. The lowest BCUT2D eigenvalue weighted by Gasteiger charge is -2.40. The van der Waals surface area contributed by atoms with E-state index in [1.54, 1.807) is 23.8 Å². The number of carbonyl (C=O) groups excluding carboxylic acids is 2. The molecule has 0 aliphatic carbocycles. The molecule has 0 unspecified atom stereocenters. The number of rotatable bonds is 3. The Hall–Kier alpha value is -2.04. The van der Waals surface area contributed by atoms with Gasteiger partial charge in [0, 0.05) is 31.3 Å². The molecule has 1 saturated heterocycles. The number of hydrogen-bond donors (Lipinski definition) is 0. The van der Waals surface area contributed by atoms with Crippen molar-refractivity contribution in [2.24, 2.45) is 5.41 Å². The van der Waals surface area contributed by atoms with Crippen molar-refractivity contribution in [3.05, 3.63) is 24.3 Å². The van der Waals surface area contributed by atoms with E-state index < -0.39 is 6.04 Å². The number of piperazine rings is 1. The summed E-state index contributed by atoms with van der Waals surface area (Å²) in [6.45, 7) is 8.96. The van der Waals surface area contributed by atoms with Gasteiger partial charge in [-0.15, -0.1) is 0 Å². The van der Waals surface area contributed by atoms with E-state index in [-0.39, 0.29) is 17.2 Å². The van der Waals surface area contributed by atoms with Crippen LogP contribution >= 0.6 is 0 Å². The molecular weight excluding hydrogens is 292 g/mol. The molecule has 1 fully saturated rings. The van der Waals surface area contributed by atoms with Crippen LogP contribution in [0, 0.1) is 5.41 Å². The van der Waals surface area contributed by atoms with Crippen LogP contribution in [-0.2, 0) is 9.59 Å². The summed E-state index contributed by atoms with van der Waals surface area (Å²) < 4.78 is 5.22. The zero-order valence-corrected chi connectivity index (χ0v) is 14.6. The molecule has 0 aromatic heterocycles. The maximum atomic E-state index is 12.7. The molecule has 1 heterocycles. The summed E-state index contributed by atoms with van der Waals surface area (Å²) in [5.74, 6) is 0.713. The fourth-order valence-corrected chi connectivity index (χ4v) is 2.80. The minimum Gasteiger partial charge on any atom is -0.497 e. The molecule has 2 rings (SSSR count). The van der Waals surface area contributed by atoms with E-state index in [0.717, 1.165) is 5.69 Å². The third kappa shape index (κ3) is 4.03. The van der Waals surface area contributed by atoms with Crippen LogP contribution < -0.4 is 9.64 Å². The number of hydrogen-bond acceptors (Lipinski definition) is 3. The first-order valence-electron chi connectivity index (χ1n) is 7.98. The van der Waals surface area contributed by atoms with E-state index in [4.69, 9.17) is 4.74 Å². The van der Waals surface area contributed by atoms with Gasteiger partial charge in [-0.1, -0.05) is 26.8 Å². The van der Waals surface area contributed by atoms with Gasteiger partial charge in [-0.25, -0.2) is 0 Å². The van der Waals surface area contributed by atoms with Gasteiger partial charge in [-0.3, -0.25) is 9.59 Å². The van der Waals surface area contributed by atoms with Gasteiger partial charge in [-0.2, -0.15) is 0 Å². The van der Waals surface area contributed by atoms with Gasteiger partial charge in [0.25, 0.3) is 0 Å². The molecule has 5 heteroatoms. The topological polar surface area (TPSA) is 49.9 Å². The molecule has 0 N–H and O–H groups in total. The highest BCUT2D eigenvalue weighted by Gasteiger charge is 2.35. The number of ether oxygens (including phenoxy) is 1. The SMILES string of the molecule is COc1cccc(N2CCN(C(=O)CC(C)(C)C)[C@@H](C)C2=O)c1. The minimum atomic E-state index is -0.440. The summed E-state index contributed by atoms with van der Waals surface area (Å²) in [4.78, 5) is 28.6. The molecule has 0 radical (unpaired) electrons. The molecule has 1 aliphatic heterocycles. The highest BCUT2D eigenvalue weighted by atomic mass is 16.5. The van der Waals surface area contributed by atoms with Gasteiger partial charge in [0.2, 0.25) is 11.8 Å². The minimum absolute atomic E-state index is 0.0450. The number of carbonyl (C=O) groups is 2. The van der Waals surface area contributed by atoms with Crippen molar-refractivity contribution in [3.63, 3.8) is 0 Å². The summed E-state index contributed by atoms with van der Waals surface area (Å²) >= 11 is 0. The highest BCUT2D eigenvalue weighted by molar-refractivity contribution is 6.00. The molecular formula is C18H26N2O3. The number of amides is 2. The lowest BCUT2D eigenvalue weighted by molar-refractivity contribution is -0.142. The van der Waals surface area contributed by atoms with E-state index in [0.29, 0.717) is 25.3 Å². The molecule has 1 atom stereocenters. The zero-order chi connectivity index (χ0) is 17.2. The second-order valence-electron chi connectivity index (χ2n) is 7.19. The van der Waals surface area contributed by atoms with E-state index in [1.807, 2.05) is 45.0 Å². The van der Waals surface area contributed by atoms with Crippen LogP contribution in [0.15, 0.2) is 24.3 Å². The number of anilines is 1. The fraction of sp³-hybridized carbons (Fsp3) is 0.556. The van der Waals surface area contributed by atoms with Crippen LogP contribution in [0.1, 0.15) is 34.1 Å². The monoisotopic (exact) mass is 318 g/mol. The lowest BCUT2D eigenvalue weighted by Crippen LogP contribution is -2.58. The third-order valence-electron chi connectivity index (χ3n) is 4.02. The molecule has 23 heavy (non-hydrogen) atoms. The standard InChI is InChI=1S/C18H26N2O3/c1-13-17(22)20(14-7-6-8-15(11-14)23-5)10-9-19(13)16(21)12-18(2,3)4/h6-8,11,13H,9-10,12H2,1-5H3/t13-/m0/s1. The van der Waals surface area contributed by atoms with E-state index in [2.05, 4.69) is 0 Å². The summed E-state index contributed by atoms with van der Waals surface area (Å²) in [6, 6.07) is 7.01. The first-order chi connectivity index (χ1) is 10.7. The first-order valence-corrected chi connectivity index (χ1v) is 7.98. The van der Waals surface area contributed by atoms with Crippen LogP contribution in [0.2, 0.25) is 0 Å². The van der Waals surface area contributed by atoms with Gasteiger partial charge in [0.1, 0.15) is 11.8 Å². The Bertz CT molecular complexity index is 592. The largest absolute Gasteiger partial charge is 0.497 e. The lowest BCUT2D eigenvalue weighted by atomic mass is 9.91. The highest BCUT2D eigenvalue weighted by Crippen LogP contribution is 2.26. The molecule has 1 aliphatic rings. The quantitative estimate of drug-likeness (QED) is 0.861. The van der Waals surface area contributed by atoms with Crippen LogP contribution in [0.4, 0.5) is 5.69 Å². The summed E-state index contributed by atoms with van der Waals surface area (Å²) in [5, 5.41) is 0. The average molecular weight is 318 g/mol. The van der Waals surface area contributed by atoms with Crippen LogP contribution in [0.25, 0.3) is 0 Å². The van der Waals surface area contributed by atoms with Crippen LogP contribution in [0.3, 0.4) is 0 Å². The van der Waals surface area contributed by atoms with Gasteiger partial charge in [0.05, 0.1) is 7.11 Å². The zero-order valence-electron chi connectivity index (χ0n) is 14.6. The second-order valence-corrected chi connectivity index (χ2v) is 7.19. The van der Waals surface area contributed by atoms with E-state index in [9.17, 15) is 9.59 Å². The average Bonchev–Trinajstić information content (AvgIpc) is 2.48. The van der Waals surface area contributed by atoms with Crippen molar-refractivity contribution in [2.45, 2.75) is 40.2 Å². The molecule has 1 aromatic carbocycles.